The number of nitrogens with zero attached hydrogens (tertiary/aromatic N) is 2. The number of rotatable bonds is 6. The number of nitrogens with one attached hydrogen (secondary N) is 2. The molecule has 0 aliphatic rings. The van der Waals surface area contributed by atoms with Gasteiger partial charge in [-0.15, -0.1) is 0 Å². The molecule has 1 heterocycles. The highest BCUT2D eigenvalue weighted by molar-refractivity contribution is 7.98. The van der Waals surface area contributed by atoms with E-state index in [1.54, 1.807) is 0 Å². The SMILES string of the molecule is CSCCC(C)Nc1nc(NN)ncc1Cl. The molecule has 5 nitrogen and oxygen atoms in total. The summed E-state index contributed by atoms with van der Waals surface area (Å²) in [6.07, 6.45) is 4.65. The number of hydrogen-bond donors (Lipinski definition) is 3. The molecule has 1 aromatic rings. The molecule has 1 unspecified atom stereocenters. The maximum absolute atomic E-state index is 5.97. The average Bonchev–Trinajstić information content (AvgIpc) is 2.29. The van der Waals surface area contributed by atoms with Crippen LogP contribution in [0, 0.1) is 0 Å². The zero-order valence-electron chi connectivity index (χ0n) is 9.33. The number of hydrazine groups is 1. The first kappa shape index (κ1) is 13.3. The summed E-state index contributed by atoms with van der Waals surface area (Å²) in [5.41, 5.74) is 2.39. The fourth-order valence-electron chi connectivity index (χ4n) is 1.14. The Morgan fingerprint density at radius 1 is 1.62 bits per heavy atom. The molecule has 7 heteroatoms. The van der Waals surface area contributed by atoms with Gasteiger partial charge in [0.15, 0.2) is 5.82 Å². The monoisotopic (exact) mass is 261 g/mol. The zero-order chi connectivity index (χ0) is 12.0. The zero-order valence-corrected chi connectivity index (χ0v) is 10.9. The third kappa shape index (κ3) is 4.03. The summed E-state index contributed by atoms with van der Waals surface area (Å²) in [5, 5.41) is 3.72. The molecule has 90 valence electrons. The predicted octanol–water partition coefficient (Wildman–Crippen LogP) is 1.97. The molecule has 0 aromatic carbocycles. The van der Waals surface area contributed by atoms with Crippen LogP contribution >= 0.6 is 23.4 Å². The van der Waals surface area contributed by atoms with Crippen LogP contribution in [0.25, 0.3) is 0 Å². The lowest BCUT2D eigenvalue weighted by Gasteiger charge is -2.15. The number of halogens is 1. The van der Waals surface area contributed by atoms with Crippen LogP contribution in [0.15, 0.2) is 6.20 Å². The van der Waals surface area contributed by atoms with Gasteiger partial charge in [0, 0.05) is 6.04 Å². The van der Waals surface area contributed by atoms with E-state index in [0.717, 1.165) is 12.2 Å². The van der Waals surface area contributed by atoms with E-state index in [0.29, 0.717) is 22.8 Å². The van der Waals surface area contributed by atoms with Crippen LogP contribution < -0.4 is 16.6 Å². The van der Waals surface area contributed by atoms with E-state index >= 15 is 0 Å². The first-order chi connectivity index (χ1) is 7.67. The minimum Gasteiger partial charge on any atom is -0.366 e. The van der Waals surface area contributed by atoms with E-state index in [-0.39, 0.29) is 0 Å². The molecule has 4 N–H and O–H groups in total. The van der Waals surface area contributed by atoms with Gasteiger partial charge in [-0.05, 0) is 25.4 Å². The second-order valence-corrected chi connectivity index (χ2v) is 4.75. The highest BCUT2D eigenvalue weighted by Crippen LogP contribution is 2.20. The van der Waals surface area contributed by atoms with E-state index in [4.69, 9.17) is 17.4 Å². The van der Waals surface area contributed by atoms with Gasteiger partial charge < -0.3 is 5.32 Å². The van der Waals surface area contributed by atoms with Crippen molar-refractivity contribution in [2.75, 3.05) is 22.8 Å². The van der Waals surface area contributed by atoms with Gasteiger partial charge in [-0.2, -0.15) is 16.7 Å². The van der Waals surface area contributed by atoms with Crippen LogP contribution in [-0.2, 0) is 0 Å². The number of aromatic nitrogens is 2. The predicted molar refractivity (Wildman–Crippen MR) is 70.9 cm³/mol. The Balaban J connectivity index is 2.64. The second kappa shape index (κ2) is 6.78. The van der Waals surface area contributed by atoms with Crippen LogP contribution in [0.5, 0.6) is 0 Å². The number of nitrogen functional groups attached to an aromatic ring is 1. The Bertz CT molecular complexity index is 336. The van der Waals surface area contributed by atoms with Crippen molar-refractivity contribution in [2.45, 2.75) is 19.4 Å². The standard InChI is InChI=1S/C9H16ClN5S/c1-6(3-4-16-2)13-8-7(10)5-12-9(14-8)15-11/h5-6H,3-4,11H2,1-2H3,(H2,12,13,14,15). The normalized spacial score (nSPS) is 12.2. The molecular formula is C9H16ClN5S. The Hall–Kier alpha value is -0.720. The van der Waals surface area contributed by atoms with E-state index in [1.165, 1.54) is 6.20 Å². The fraction of sp³-hybridized carbons (Fsp3) is 0.556. The molecule has 0 aliphatic heterocycles. The third-order valence-electron chi connectivity index (χ3n) is 2.01. The van der Waals surface area contributed by atoms with Gasteiger partial charge in [0.1, 0.15) is 5.02 Å². The average molecular weight is 262 g/mol. The van der Waals surface area contributed by atoms with Gasteiger partial charge in [0.2, 0.25) is 5.95 Å². The molecule has 16 heavy (non-hydrogen) atoms. The first-order valence-electron chi connectivity index (χ1n) is 4.92. The summed E-state index contributed by atoms with van der Waals surface area (Å²) in [6.45, 7) is 2.09. The van der Waals surface area contributed by atoms with Crippen molar-refractivity contribution in [3.8, 4) is 0 Å². The van der Waals surface area contributed by atoms with Crippen LogP contribution in [-0.4, -0.2) is 28.0 Å². The highest BCUT2D eigenvalue weighted by atomic mass is 35.5. The minimum absolute atomic E-state index is 0.311. The van der Waals surface area contributed by atoms with Gasteiger partial charge in [-0.3, -0.25) is 5.43 Å². The Morgan fingerprint density at radius 2 is 2.38 bits per heavy atom. The molecule has 0 radical (unpaired) electrons. The summed E-state index contributed by atoms with van der Waals surface area (Å²) < 4.78 is 0. The van der Waals surface area contributed by atoms with E-state index in [1.807, 2.05) is 11.8 Å². The smallest absolute Gasteiger partial charge is 0.239 e. The van der Waals surface area contributed by atoms with Gasteiger partial charge >= 0.3 is 0 Å². The molecule has 0 saturated carbocycles. The molecule has 0 saturated heterocycles. The molecule has 0 spiro atoms. The van der Waals surface area contributed by atoms with Gasteiger partial charge in [0.25, 0.3) is 0 Å². The quantitative estimate of drug-likeness (QED) is 0.537. The van der Waals surface area contributed by atoms with Crippen molar-refractivity contribution in [2.24, 2.45) is 5.84 Å². The second-order valence-electron chi connectivity index (χ2n) is 3.36. The Kier molecular flexibility index (Phi) is 5.65. The van der Waals surface area contributed by atoms with E-state index in [2.05, 4.69) is 33.9 Å². The van der Waals surface area contributed by atoms with Gasteiger partial charge in [0.05, 0.1) is 6.20 Å². The maximum atomic E-state index is 5.97. The van der Waals surface area contributed by atoms with Crippen molar-refractivity contribution in [1.82, 2.24) is 9.97 Å². The molecule has 1 atom stereocenters. The third-order valence-corrected chi connectivity index (χ3v) is 2.93. The summed E-state index contributed by atoms with van der Waals surface area (Å²) >= 11 is 7.78. The maximum Gasteiger partial charge on any atom is 0.239 e. The number of hydrogen-bond acceptors (Lipinski definition) is 6. The van der Waals surface area contributed by atoms with Gasteiger partial charge in [-0.25, -0.2) is 10.8 Å². The number of anilines is 2. The van der Waals surface area contributed by atoms with Crippen molar-refractivity contribution in [3.63, 3.8) is 0 Å². The van der Waals surface area contributed by atoms with Crippen molar-refractivity contribution >= 4 is 35.1 Å². The molecular weight excluding hydrogens is 246 g/mol. The lowest BCUT2D eigenvalue weighted by molar-refractivity contribution is 0.766. The lowest BCUT2D eigenvalue weighted by Crippen LogP contribution is -2.18. The minimum atomic E-state index is 0.311. The molecule has 0 fully saturated rings. The topological polar surface area (TPSA) is 75.9 Å². The number of thioether (sulfide) groups is 1. The van der Waals surface area contributed by atoms with Crippen LogP contribution in [0.2, 0.25) is 5.02 Å². The Labute approximate surface area is 105 Å². The van der Waals surface area contributed by atoms with Crippen molar-refractivity contribution in [3.05, 3.63) is 11.2 Å². The largest absolute Gasteiger partial charge is 0.366 e. The summed E-state index contributed by atoms with van der Waals surface area (Å²) in [5.74, 6) is 7.29. The fourth-order valence-corrected chi connectivity index (χ4v) is 1.87. The van der Waals surface area contributed by atoms with Gasteiger partial charge in [-0.1, -0.05) is 11.6 Å². The van der Waals surface area contributed by atoms with Crippen LogP contribution in [0.1, 0.15) is 13.3 Å². The molecule has 0 aliphatic carbocycles. The summed E-state index contributed by atoms with van der Waals surface area (Å²) in [6, 6.07) is 0.311. The molecule has 0 bridgehead atoms. The van der Waals surface area contributed by atoms with Crippen LogP contribution in [0.3, 0.4) is 0 Å². The molecule has 1 aromatic heterocycles. The molecule has 0 amide bonds. The Morgan fingerprint density at radius 3 is 3.00 bits per heavy atom. The van der Waals surface area contributed by atoms with E-state index in [9.17, 15) is 0 Å². The highest BCUT2D eigenvalue weighted by Gasteiger charge is 2.08. The first-order valence-corrected chi connectivity index (χ1v) is 6.69. The van der Waals surface area contributed by atoms with E-state index < -0.39 is 0 Å². The number of nitrogens with two attached hydrogens (primary N) is 1. The summed E-state index contributed by atoms with van der Waals surface area (Å²) in [7, 11) is 0. The molecule has 1 rings (SSSR count). The summed E-state index contributed by atoms with van der Waals surface area (Å²) in [4.78, 5) is 8.05. The van der Waals surface area contributed by atoms with Crippen molar-refractivity contribution in [1.29, 1.82) is 0 Å². The lowest BCUT2D eigenvalue weighted by atomic mass is 10.2. The van der Waals surface area contributed by atoms with Crippen molar-refractivity contribution < 1.29 is 0 Å². The van der Waals surface area contributed by atoms with Crippen LogP contribution in [0.4, 0.5) is 11.8 Å².